The second-order valence-electron chi connectivity index (χ2n) is 6.29. The number of thiophene rings is 1. The number of hydrogen-bond donors (Lipinski definition) is 1. The molecule has 1 amide bonds. The van der Waals surface area contributed by atoms with Crippen LogP contribution >= 0.6 is 23.1 Å². The van der Waals surface area contributed by atoms with Crippen molar-refractivity contribution in [1.29, 1.82) is 0 Å². The molecule has 1 aliphatic rings. The molecular formula is C18H22N2O3S3. The fourth-order valence-corrected chi connectivity index (χ4v) is 6.32. The maximum atomic E-state index is 12.9. The SMILES string of the molecule is CCC(NS(=O)(=O)c1ccc2c(c1)N(C(C)=O)CC(C)S2)c1cccs1. The van der Waals surface area contributed by atoms with Gasteiger partial charge in [-0.05, 0) is 36.1 Å². The lowest BCUT2D eigenvalue weighted by atomic mass is 10.2. The first kappa shape index (κ1) is 19.4. The second-order valence-corrected chi connectivity index (χ2v) is 10.5. The molecule has 140 valence electrons. The number of benzene rings is 1. The van der Waals surface area contributed by atoms with Crippen LogP contribution in [0.1, 0.15) is 38.1 Å². The van der Waals surface area contributed by atoms with Gasteiger partial charge in [0, 0.05) is 28.5 Å². The Balaban J connectivity index is 1.94. The van der Waals surface area contributed by atoms with E-state index in [2.05, 4.69) is 11.6 Å². The third-order valence-corrected chi connectivity index (χ3v) is 7.88. The van der Waals surface area contributed by atoms with E-state index >= 15 is 0 Å². The normalized spacial score (nSPS) is 18.4. The van der Waals surface area contributed by atoms with Crippen molar-refractivity contribution < 1.29 is 13.2 Å². The number of hydrogen-bond acceptors (Lipinski definition) is 5. The number of fused-ring (bicyclic) bond motifs is 1. The first-order chi connectivity index (χ1) is 12.3. The zero-order valence-electron chi connectivity index (χ0n) is 14.9. The maximum Gasteiger partial charge on any atom is 0.241 e. The topological polar surface area (TPSA) is 66.5 Å². The van der Waals surface area contributed by atoms with Gasteiger partial charge in [0.15, 0.2) is 0 Å². The standard InChI is InChI=1S/C18H22N2O3S3/c1-4-15(17-6-5-9-24-17)19-26(22,23)14-7-8-18-16(10-14)20(13(3)21)11-12(2)25-18/h5-10,12,15,19H,4,11H2,1-3H3. The lowest BCUT2D eigenvalue weighted by Gasteiger charge is -2.32. The molecule has 1 aromatic heterocycles. The van der Waals surface area contributed by atoms with E-state index in [1.165, 1.54) is 18.3 Å². The zero-order valence-corrected chi connectivity index (χ0v) is 17.4. The molecule has 0 saturated heterocycles. The van der Waals surface area contributed by atoms with Gasteiger partial charge in [0.25, 0.3) is 0 Å². The molecule has 0 saturated carbocycles. The van der Waals surface area contributed by atoms with E-state index in [1.54, 1.807) is 34.9 Å². The van der Waals surface area contributed by atoms with Crippen molar-refractivity contribution >= 4 is 44.7 Å². The van der Waals surface area contributed by atoms with E-state index in [-0.39, 0.29) is 22.1 Å². The summed E-state index contributed by atoms with van der Waals surface area (Å²) in [6, 6.07) is 8.62. The Morgan fingerprint density at radius 3 is 2.77 bits per heavy atom. The summed E-state index contributed by atoms with van der Waals surface area (Å²) in [4.78, 5) is 15.8. The molecule has 2 aromatic rings. The van der Waals surface area contributed by atoms with E-state index < -0.39 is 10.0 Å². The number of carbonyl (C=O) groups is 1. The second kappa shape index (κ2) is 7.72. The molecule has 1 aromatic carbocycles. The van der Waals surface area contributed by atoms with Gasteiger partial charge in [-0.25, -0.2) is 13.1 Å². The molecule has 26 heavy (non-hydrogen) atoms. The molecule has 0 spiro atoms. The highest BCUT2D eigenvalue weighted by Gasteiger charge is 2.28. The number of amides is 1. The Labute approximate surface area is 162 Å². The van der Waals surface area contributed by atoms with Crippen molar-refractivity contribution in [3.05, 3.63) is 40.6 Å². The van der Waals surface area contributed by atoms with Crippen LogP contribution in [0.4, 0.5) is 5.69 Å². The van der Waals surface area contributed by atoms with E-state index in [0.29, 0.717) is 18.7 Å². The molecule has 8 heteroatoms. The van der Waals surface area contributed by atoms with Crippen LogP contribution in [0.3, 0.4) is 0 Å². The summed E-state index contributed by atoms with van der Waals surface area (Å²) in [7, 11) is -3.68. The van der Waals surface area contributed by atoms with Crippen LogP contribution < -0.4 is 9.62 Å². The molecule has 0 fully saturated rings. The molecular weight excluding hydrogens is 388 g/mol. The van der Waals surface area contributed by atoms with E-state index in [4.69, 9.17) is 0 Å². The Morgan fingerprint density at radius 1 is 1.38 bits per heavy atom. The molecule has 2 heterocycles. The van der Waals surface area contributed by atoms with Gasteiger partial charge in [-0.2, -0.15) is 0 Å². The number of nitrogens with zero attached hydrogens (tertiary/aromatic N) is 1. The lowest BCUT2D eigenvalue weighted by molar-refractivity contribution is -0.116. The highest BCUT2D eigenvalue weighted by Crippen LogP contribution is 2.40. The van der Waals surface area contributed by atoms with Gasteiger partial charge in [0.1, 0.15) is 0 Å². The van der Waals surface area contributed by atoms with Crippen LogP contribution in [0.5, 0.6) is 0 Å². The van der Waals surface area contributed by atoms with Gasteiger partial charge >= 0.3 is 0 Å². The van der Waals surface area contributed by atoms with E-state index in [1.807, 2.05) is 24.4 Å². The Morgan fingerprint density at radius 2 is 2.15 bits per heavy atom. The number of anilines is 1. The number of sulfonamides is 1. The summed E-state index contributed by atoms with van der Waals surface area (Å²) >= 11 is 3.20. The number of rotatable bonds is 5. The lowest BCUT2D eigenvalue weighted by Crippen LogP contribution is -2.37. The minimum atomic E-state index is -3.68. The van der Waals surface area contributed by atoms with Crippen molar-refractivity contribution in [3.63, 3.8) is 0 Å². The molecule has 2 atom stereocenters. The van der Waals surface area contributed by atoms with Crippen LogP contribution in [0.25, 0.3) is 0 Å². The van der Waals surface area contributed by atoms with E-state index in [0.717, 1.165) is 9.77 Å². The van der Waals surface area contributed by atoms with Gasteiger partial charge < -0.3 is 4.90 Å². The van der Waals surface area contributed by atoms with Crippen molar-refractivity contribution in [3.8, 4) is 0 Å². The zero-order chi connectivity index (χ0) is 18.9. The van der Waals surface area contributed by atoms with Crippen LogP contribution in [-0.4, -0.2) is 26.1 Å². The molecule has 1 aliphatic heterocycles. The van der Waals surface area contributed by atoms with Gasteiger partial charge in [0.05, 0.1) is 16.6 Å². The predicted octanol–water partition coefficient (Wildman–Crippen LogP) is 4.02. The Bertz CT molecular complexity index is 894. The van der Waals surface area contributed by atoms with Gasteiger partial charge in [-0.1, -0.05) is 19.9 Å². The van der Waals surface area contributed by atoms with Crippen molar-refractivity contribution in [1.82, 2.24) is 4.72 Å². The van der Waals surface area contributed by atoms with Crippen LogP contribution in [0.2, 0.25) is 0 Å². The molecule has 2 unspecified atom stereocenters. The molecule has 0 bridgehead atoms. The molecule has 5 nitrogen and oxygen atoms in total. The summed E-state index contributed by atoms with van der Waals surface area (Å²) < 4.78 is 28.6. The van der Waals surface area contributed by atoms with Crippen LogP contribution in [0.15, 0.2) is 45.5 Å². The first-order valence-electron chi connectivity index (χ1n) is 8.46. The smallest absolute Gasteiger partial charge is 0.241 e. The van der Waals surface area contributed by atoms with Gasteiger partial charge in [-0.15, -0.1) is 23.1 Å². The average Bonchev–Trinajstić information content (AvgIpc) is 3.12. The number of thioether (sulfide) groups is 1. The quantitative estimate of drug-likeness (QED) is 0.808. The largest absolute Gasteiger partial charge is 0.310 e. The van der Waals surface area contributed by atoms with Crippen molar-refractivity contribution in [2.75, 3.05) is 11.4 Å². The minimum Gasteiger partial charge on any atom is -0.310 e. The Hall–Kier alpha value is -1.35. The summed E-state index contributed by atoms with van der Waals surface area (Å²) in [6.07, 6.45) is 0.664. The average molecular weight is 411 g/mol. The summed E-state index contributed by atoms with van der Waals surface area (Å²) in [6.45, 7) is 6.10. The van der Waals surface area contributed by atoms with Gasteiger partial charge in [-0.3, -0.25) is 4.79 Å². The predicted molar refractivity (Wildman–Crippen MR) is 107 cm³/mol. The molecule has 3 rings (SSSR count). The number of carbonyl (C=O) groups excluding carboxylic acids is 1. The third kappa shape index (κ3) is 3.98. The minimum absolute atomic E-state index is 0.0778. The van der Waals surface area contributed by atoms with Crippen LogP contribution in [0, 0.1) is 0 Å². The van der Waals surface area contributed by atoms with E-state index in [9.17, 15) is 13.2 Å². The fraction of sp³-hybridized carbons (Fsp3) is 0.389. The summed E-state index contributed by atoms with van der Waals surface area (Å²) in [5.74, 6) is -0.0778. The maximum absolute atomic E-state index is 12.9. The summed E-state index contributed by atoms with van der Waals surface area (Å²) in [5.41, 5.74) is 0.674. The monoisotopic (exact) mass is 410 g/mol. The third-order valence-electron chi connectivity index (χ3n) is 4.27. The van der Waals surface area contributed by atoms with Crippen molar-refractivity contribution in [2.24, 2.45) is 0 Å². The molecule has 1 N–H and O–H groups in total. The summed E-state index contributed by atoms with van der Waals surface area (Å²) in [5, 5.41) is 2.21. The fourth-order valence-electron chi connectivity index (χ4n) is 2.97. The Kier molecular flexibility index (Phi) is 5.76. The highest BCUT2D eigenvalue weighted by atomic mass is 32.2. The number of nitrogens with one attached hydrogen (secondary N) is 1. The molecule has 0 radical (unpaired) electrons. The van der Waals surface area contributed by atoms with Gasteiger partial charge in [0.2, 0.25) is 15.9 Å². The van der Waals surface area contributed by atoms with Crippen LogP contribution in [-0.2, 0) is 14.8 Å². The molecule has 0 aliphatic carbocycles. The first-order valence-corrected chi connectivity index (χ1v) is 11.7. The highest BCUT2D eigenvalue weighted by molar-refractivity contribution is 8.00. The van der Waals surface area contributed by atoms with Crippen molar-refractivity contribution in [2.45, 2.75) is 48.3 Å².